The van der Waals surface area contributed by atoms with Crippen molar-refractivity contribution in [2.45, 2.75) is 38.6 Å². The van der Waals surface area contributed by atoms with Crippen LogP contribution < -0.4 is 20.5 Å². The minimum absolute atomic E-state index is 0.0914. The first-order chi connectivity index (χ1) is 16.5. The van der Waals surface area contributed by atoms with Gasteiger partial charge in [-0.2, -0.15) is 4.68 Å². The Bertz CT molecular complexity index is 1140. The Morgan fingerprint density at radius 1 is 1.12 bits per heavy atom. The van der Waals surface area contributed by atoms with Crippen LogP contribution in [0.15, 0.2) is 71.5 Å². The number of carbonyl (C=O) groups excluding carboxylic acids is 1. The van der Waals surface area contributed by atoms with E-state index in [0.717, 1.165) is 38.0 Å². The smallest absolute Gasteiger partial charge is 0.271 e. The number of anilines is 1. The lowest BCUT2D eigenvalue weighted by Gasteiger charge is -2.33. The van der Waals surface area contributed by atoms with Gasteiger partial charge in [-0.3, -0.25) is 9.59 Å². The summed E-state index contributed by atoms with van der Waals surface area (Å²) >= 11 is 0. The zero-order valence-corrected chi connectivity index (χ0v) is 19.8. The van der Waals surface area contributed by atoms with Gasteiger partial charge in [0, 0.05) is 25.2 Å². The average Bonchev–Trinajstić information content (AvgIpc) is 2.88. The van der Waals surface area contributed by atoms with Crippen molar-refractivity contribution >= 4 is 11.7 Å². The van der Waals surface area contributed by atoms with Crippen molar-refractivity contribution < 1.29 is 9.53 Å². The third-order valence-electron chi connectivity index (χ3n) is 6.32. The zero-order valence-electron chi connectivity index (χ0n) is 19.8. The summed E-state index contributed by atoms with van der Waals surface area (Å²) in [6, 6.07) is 20.9. The molecule has 0 aliphatic carbocycles. The Labute approximate surface area is 200 Å². The number of nitrogens with one attached hydrogen (secondary N) is 1. The van der Waals surface area contributed by atoms with E-state index in [-0.39, 0.29) is 23.4 Å². The zero-order chi connectivity index (χ0) is 23.9. The van der Waals surface area contributed by atoms with Gasteiger partial charge in [-0.05, 0) is 68.5 Å². The van der Waals surface area contributed by atoms with E-state index >= 15 is 0 Å². The van der Waals surface area contributed by atoms with Crippen LogP contribution in [0.25, 0.3) is 5.69 Å². The van der Waals surface area contributed by atoms with E-state index < -0.39 is 0 Å². The molecule has 2 unspecified atom stereocenters. The SMILES string of the molecule is COc1ccc(-n2nc(N3CCCC(C(=O)NC(C)CCc4ccccc4)C3)ccc2=O)cc1. The molecule has 34 heavy (non-hydrogen) atoms. The molecule has 1 fully saturated rings. The molecule has 7 heteroatoms. The summed E-state index contributed by atoms with van der Waals surface area (Å²) in [6.07, 6.45) is 3.60. The van der Waals surface area contributed by atoms with Gasteiger partial charge in [0.25, 0.3) is 5.56 Å². The number of hydrogen-bond donors (Lipinski definition) is 1. The molecule has 1 N–H and O–H groups in total. The van der Waals surface area contributed by atoms with Crippen LogP contribution in [0.2, 0.25) is 0 Å². The lowest BCUT2D eigenvalue weighted by atomic mass is 9.96. The monoisotopic (exact) mass is 460 g/mol. The highest BCUT2D eigenvalue weighted by Crippen LogP contribution is 2.22. The van der Waals surface area contributed by atoms with Crippen LogP contribution >= 0.6 is 0 Å². The van der Waals surface area contributed by atoms with Gasteiger partial charge in [-0.25, -0.2) is 0 Å². The van der Waals surface area contributed by atoms with Crippen LogP contribution in [0.4, 0.5) is 5.82 Å². The largest absolute Gasteiger partial charge is 0.497 e. The first-order valence-electron chi connectivity index (χ1n) is 11.9. The maximum atomic E-state index is 13.0. The molecule has 1 saturated heterocycles. The molecule has 3 aromatic rings. The third kappa shape index (κ3) is 5.84. The summed E-state index contributed by atoms with van der Waals surface area (Å²) in [5, 5.41) is 7.79. The molecule has 1 aliphatic rings. The van der Waals surface area contributed by atoms with Crippen LogP contribution in [-0.2, 0) is 11.2 Å². The number of piperidine rings is 1. The summed E-state index contributed by atoms with van der Waals surface area (Å²) in [5.41, 5.74) is 1.75. The van der Waals surface area contributed by atoms with E-state index in [1.165, 1.54) is 16.3 Å². The molecular formula is C27H32N4O3. The normalized spacial score (nSPS) is 16.6. The summed E-state index contributed by atoms with van der Waals surface area (Å²) in [4.78, 5) is 27.5. The molecule has 178 valence electrons. The Balaban J connectivity index is 1.39. The van der Waals surface area contributed by atoms with Gasteiger partial charge in [0.2, 0.25) is 5.91 Å². The Morgan fingerprint density at radius 3 is 2.62 bits per heavy atom. The molecule has 2 atom stereocenters. The number of benzene rings is 2. The van der Waals surface area contributed by atoms with Gasteiger partial charge in [0.1, 0.15) is 11.6 Å². The highest BCUT2D eigenvalue weighted by Gasteiger charge is 2.27. The number of methoxy groups -OCH3 is 1. The van der Waals surface area contributed by atoms with Crippen molar-refractivity contribution in [1.29, 1.82) is 0 Å². The number of carbonyl (C=O) groups is 1. The van der Waals surface area contributed by atoms with Crippen LogP contribution in [0.1, 0.15) is 31.7 Å². The maximum absolute atomic E-state index is 13.0. The van der Waals surface area contributed by atoms with Crippen molar-refractivity contribution in [2.24, 2.45) is 5.92 Å². The molecule has 2 aromatic carbocycles. The quantitative estimate of drug-likeness (QED) is 0.556. The Morgan fingerprint density at radius 2 is 1.88 bits per heavy atom. The van der Waals surface area contributed by atoms with E-state index in [2.05, 4.69) is 34.4 Å². The van der Waals surface area contributed by atoms with Crippen molar-refractivity contribution in [3.8, 4) is 11.4 Å². The van der Waals surface area contributed by atoms with E-state index in [1.54, 1.807) is 37.4 Å². The average molecular weight is 461 g/mol. The second kappa shape index (κ2) is 11.0. The van der Waals surface area contributed by atoms with Gasteiger partial charge >= 0.3 is 0 Å². The molecule has 0 bridgehead atoms. The number of amides is 1. The lowest BCUT2D eigenvalue weighted by Crippen LogP contribution is -2.46. The fourth-order valence-electron chi connectivity index (χ4n) is 4.34. The lowest BCUT2D eigenvalue weighted by molar-refractivity contribution is -0.125. The second-order valence-corrected chi connectivity index (χ2v) is 8.86. The first kappa shape index (κ1) is 23.5. The van der Waals surface area contributed by atoms with Crippen molar-refractivity contribution in [2.75, 3.05) is 25.1 Å². The molecule has 1 aromatic heterocycles. The molecule has 0 spiro atoms. The van der Waals surface area contributed by atoms with E-state index in [4.69, 9.17) is 4.74 Å². The van der Waals surface area contributed by atoms with E-state index in [9.17, 15) is 9.59 Å². The van der Waals surface area contributed by atoms with Crippen molar-refractivity contribution in [3.05, 3.63) is 82.6 Å². The Kier molecular flexibility index (Phi) is 7.62. The Hall–Kier alpha value is -3.61. The number of aromatic nitrogens is 2. The van der Waals surface area contributed by atoms with Gasteiger partial charge in [-0.15, -0.1) is 5.10 Å². The number of ether oxygens (including phenoxy) is 1. The van der Waals surface area contributed by atoms with E-state index in [0.29, 0.717) is 18.1 Å². The molecule has 0 saturated carbocycles. The minimum atomic E-state index is -0.201. The van der Waals surface area contributed by atoms with Crippen LogP contribution in [0.3, 0.4) is 0 Å². The summed E-state index contributed by atoms with van der Waals surface area (Å²) in [7, 11) is 1.60. The predicted molar refractivity (Wildman–Crippen MR) is 134 cm³/mol. The number of rotatable bonds is 8. The highest BCUT2D eigenvalue weighted by molar-refractivity contribution is 5.79. The number of aryl methyl sites for hydroxylation is 1. The maximum Gasteiger partial charge on any atom is 0.271 e. The number of nitrogens with zero attached hydrogens (tertiary/aromatic N) is 3. The standard InChI is InChI=1S/C27H32N4O3/c1-20(10-11-21-7-4-3-5-8-21)28-27(33)22-9-6-18-30(19-22)25-16-17-26(32)31(29-25)23-12-14-24(34-2)15-13-23/h3-5,7-8,12-17,20,22H,6,9-11,18-19H2,1-2H3,(H,28,33). The van der Waals surface area contributed by atoms with Gasteiger partial charge < -0.3 is 15.0 Å². The molecule has 1 aliphatic heterocycles. The summed E-state index contributed by atoms with van der Waals surface area (Å²) < 4.78 is 6.59. The fourth-order valence-corrected chi connectivity index (χ4v) is 4.34. The van der Waals surface area contributed by atoms with Gasteiger partial charge in [0.15, 0.2) is 0 Å². The van der Waals surface area contributed by atoms with E-state index in [1.807, 2.05) is 18.2 Å². The van der Waals surface area contributed by atoms with Gasteiger partial charge in [-0.1, -0.05) is 30.3 Å². The summed E-state index contributed by atoms with van der Waals surface area (Å²) in [5.74, 6) is 1.41. The molecular weight excluding hydrogens is 428 g/mol. The predicted octanol–water partition coefficient (Wildman–Crippen LogP) is 3.60. The van der Waals surface area contributed by atoms with Crippen molar-refractivity contribution in [1.82, 2.24) is 15.1 Å². The van der Waals surface area contributed by atoms with Crippen LogP contribution in [-0.4, -0.2) is 41.9 Å². The summed E-state index contributed by atoms with van der Waals surface area (Å²) in [6.45, 7) is 3.46. The molecule has 0 radical (unpaired) electrons. The van der Waals surface area contributed by atoms with Crippen LogP contribution in [0, 0.1) is 5.92 Å². The molecule has 1 amide bonds. The number of hydrogen-bond acceptors (Lipinski definition) is 5. The minimum Gasteiger partial charge on any atom is -0.497 e. The molecule has 7 nitrogen and oxygen atoms in total. The third-order valence-corrected chi connectivity index (χ3v) is 6.32. The van der Waals surface area contributed by atoms with Gasteiger partial charge in [0.05, 0.1) is 18.7 Å². The second-order valence-electron chi connectivity index (χ2n) is 8.86. The first-order valence-corrected chi connectivity index (χ1v) is 11.9. The molecule has 2 heterocycles. The van der Waals surface area contributed by atoms with Crippen molar-refractivity contribution in [3.63, 3.8) is 0 Å². The topological polar surface area (TPSA) is 76.5 Å². The highest BCUT2D eigenvalue weighted by atomic mass is 16.5. The van der Waals surface area contributed by atoms with Crippen LogP contribution in [0.5, 0.6) is 5.75 Å². The molecule has 4 rings (SSSR count). The fraction of sp³-hybridized carbons (Fsp3) is 0.370.